The van der Waals surface area contributed by atoms with Gasteiger partial charge in [-0.25, -0.2) is 0 Å². The van der Waals surface area contributed by atoms with Crippen molar-refractivity contribution in [1.82, 2.24) is 5.32 Å². The number of nitrogens with zero attached hydrogens (tertiary/aromatic N) is 1. The first-order valence-corrected chi connectivity index (χ1v) is 8.34. The third kappa shape index (κ3) is 5.01. The molecule has 0 aromatic heterocycles. The van der Waals surface area contributed by atoms with Gasteiger partial charge in [-0.05, 0) is 42.3 Å². The predicted molar refractivity (Wildman–Crippen MR) is 102 cm³/mol. The van der Waals surface area contributed by atoms with E-state index in [4.69, 9.17) is 0 Å². The number of carbonyl (C=O) groups excluding carboxylic acids is 1. The molecule has 0 saturated carbocycles. The second-order valence-electron chi connectivity index (χ2n) is 6.51. The van der Waals surface area contributed by atoms with Crippen LogP contribution in [0.4, 0.5) is 11.4 Å². The Morgan fingerprint density at radius 2 is 1.62 bits per heavy atom. The molecule has 0 spiro atoms. The number of hydrogen-bond donors (Lipinski definition) is 2. The number of para-hydroxylation sites is 1. The fourth-order valence-corrected chi connectivity index (χ4v) is 2.42. The summed E-state index contributed by atoms with van der Waals surface area (Å²) in [7, 11) is 3.97. The first kappa shape index (κ1) is 17.9. The van der Waals surface area contributed by atoms with Crippen molar-refractivity contribution in [1.29, 1.82) is 0 Å². The molecule has 4 heteroatoms. The van der Waals surface area contributed by atoms with Crippen molar-refractivity contribution in [2.45, 2.75) is 19.9 Å². The van der Waals surface area contributed by atoms with E-state index in [9.17, 15) is 4.79 Å². The van der Waals surface area contributed by atoms with E-state index in [0.717, 1.165) is 11.4 Å². The number of amides is 1. The summed E-state index contributed by atoms with van der Waals surface area (Å²) >= 11 is 0. The van der Waals surface area contributed by atoms with Crippen LogP contribution >= 0.6 is 0 Å². The monoisotopic (exact) mass is 325 g/mol. The molecule has 0 fully saturated rings. The van der Waals surface area contributed by atoms with Crippen molar-refractivity contribution >= 4 is 17.3 Å². The predicted octanol–water partition coefficient (Wildman–Crippen LogP) is 3.62. The Hall–Kier alpha value is -2.49. The molecular weight excluding hydrogens is 298 g/mol. The maximum absolute atomic E-state index is 12.4. The average Bonchev–Trinajstić information content (AvgIpc) is 2.59. The van der Waals surface area contributed by atoms with Gasteiger partial charge in [0, 0.05) is 43.6 Å². The van der Waals surface area contributed by atoms with Gasteiger partial charge in [-0.3, -0.25) is 4.79 Å². The second kappa shape index (κ2) is 8.39. The summed E-state index contributed by atoms with van der Waals surface area (Å²) < 4.78 is 0. The van der Waals surface area contributed by atoms with Gasteiger partial charge in [-0.15, -0.1) is 0 Å². The molecule has 2 N–H and O–H groups in total. The number of anilines is 2. The maximum atomic E-state index is 12.4. The number of hydrogen-bond acceptors (Lipinski definition) is 3. The zero-order chi connectivity index (χ0) is 17.5. The van der Waals surface area contributed by atoms with Crippen molar-refractivity contribution in [2.75, 3.05) is 30.9 Å². The fourth-order valence-electron chi connectivity index (χ4n) is 2.42. The van der Waals surface area contributed by atoms with E-state index in [1.54, 1.807) is 0 Å². The molecule has 0 heterocycles. The van der Waals surface area contributed by atoms with Crippen molar-refractivity contribution < 1.29 is 4.79 Å². The quantitative estimate of drug-likeness (QED) is 0.817. The summed E-state index contributed by atoms with van der Waals surface area (Å²) in [5, 5.41) is 6.52. The van der Waals surface area contributed by atoms with Gasteiger partial charge in [0.05, 0.1) is 0 Å². The van der Waals surface area contributed by atoms with E-state index in [-0.39, 0.29) is 11.9 Å². The molecule has 0 aliphatic rings. The minimum absolute atomic E-state index is 0.0409. The number of rotatable bonds is 7. The smallest absolute Gasteiger partial charge is 0.251 e. The molecule has 0 aliphatic heterocycles. The molecule has 2 aromatic rings. The number of nitrogens with one attached hydrogen (secondary N) is 2. The second-order valence-corrected chi connectivity index (χ2v) is 6.51. The van der Waals surface area contributed by atoms with Gasteiger partial charge in [-0.2, -0.15) is 0 Å². The highest BCUT2D eigenvalue weighted by atomic mass is 16.1. The lowest BCUT2D eigenvalue weighted by Gasteiger charge is -2.24. The summed E-state index contributed by atoms with van der Waals surface area (Å²) in [6.07, 6.45) is 0. The van der Waals surface area contributed by atoms with Crippen LogP contribution in [0.2, 0.25) is 0 Å². The van der Waals surface area contributed by atoms with Crippen LogP contribution < -0.4 is 15.5 Å². The Morgan fingerprint density at radius 3 is 2.17 bits per heavy atom. The summed E-state index contributed by atoms with van der Waals surface area (Å²) in [6, 6.07) is 17.9. The molecule has 4 nitrogen and oxygen atoms in total. The SMILES string of the molecule is CC(C)C(CNC(=O)c1ccc(N(C)C)cc1)Nc1ccccc1. The van der Waals surface area contributed by atoms with E-state index in [0.29, 0.717) is 18.0 Å². The number of carbonyl (C=O) groups is 1. The normalized spacial score (nSPS) is 11.9. The third-order valence-corrected chi connectivity index (χ3v) is 4.06. The van der Waals surface area contributed by atoms with Crippen LogP contribution in [0.3, 0.4) is 0 Å². The van der Waals surface area contributed by atoms with Crippen molar-refractivity contribution in [3.8, 4) is 0 Å². The highest BCUT2D eigenvalue weighted by Gasteiger charge is 2.15. The molecule has 0 radical (unpaired) electrons. The highest BCUT2D eigenvalue weighted by Crippen LogP contribution is 2.14. The van der Waals surface area contributed by atoms with E-state index >= 15 is 0 Å². The molecule has 0 saturated heterocycles. The largest absolute Gasteiger partial charge is 0.380 e. The molecular formula is C20H27N3O. The van der Waals surface area contributed by atoms with Crippen molar-refractivity contribution in [2.24, 2.45) is 5.92 Å². The third-order valence-electron chi connectivity index (χ3n) is 4.06. The Labute approximate surface area is 144 Å². The molecule has 2 aromatic carbocycles. The topological polar surface area (TPSA) is 44.4 Å². The number of benzene rings is 2. The van der Waals surface area contributed by atoms with Crippen LogP contribution in [0.15, 0.2) is 54.6 Å². The standard InChI is InChI=1S/C20H27N3O/c1-15(2)19(22-17-8-6-5-7-9-17)14-21-20(24)16-10-12-18(13-11-16)23(3)4/h5-13,15,19,22H,14H2,1-4H3,(H,21,24). The Bertz CT molecular complexity index is 636. The Balaban J connectivity index is 1.94. The van der Waals surface area contributed by atoms with E-state index < -0.39 is 0 Å². The Kier molecular flexibility index (Phi) is 6.24. The lowest BCUT2D eigenvalue weighted by molar-refractivity contribution is 0.0950. The van der Waals surface area contributed by atoms with E-state index in [2.05, 4.69) is 24.5 Å². The van der Waals surface area contributed by atoms with Gasteiger partial charge in [0.25, 0.3) is 5.91 Å². The van der Waals surface area contributed by atoms with Crippen LogP contribution in [0.1, 0.15) is 24.2 Å². The zero-order valence-electron chi connectivity index (χ0n) is 14.9. The van der Waals surface area contributed by atoms with Crippen LogP contribution in [0.5, 0.6) is 0 Å². The molecule has 0 bridgehead atoms. The molecule has 1 atom stereocenters. The van der Waals surface area contributed by atoms with Crippen molar-refractivity contribution in [3.63, 3.8) is 0 Å². The average molecular weight is 325 g/mol. The van der Waals surface area contributed by atoms with Crippen LogP contribution in [0, 0.1) is 5.92 Å². The molecule has 2 rings (SSSR count). The molecule has 24 heavy (non-hydrogen) atoms. The molecule has 1 amide bonds. The van der Waals surface area contributed by atoms with E-state index in [1.165, 1.54) is 0 Å². The van der Waals surface area contributed by atoms with Gasteiger partial charge in [0.2, 0.25) is 0 Å². The molecule has 128 valence electrons. The molecule has 1 unspecified atom stereocenters. The highest BCUT2D eigenvalue weighted by molar-refractivity contribution is 5.94. The lowest BCUT2D eigenvalue weighted by Crippen LogP contribution is -2.39. The van der Waals surface area contributed by atoms with Gasteiger partial charge < -0.3 is 15.5 Å². The van der Waals surface area contributed by atoms with Gasteiger partial charge >= 0.3 is 0 Å². The Morgan fingerprint density at radius 1 is 1.00 bits per heavy atom. The van der Waals surface area contributed by atoms with Crippen LogP contribution in [-0.2, 0) is 0 Å². The maximum Gasteiger partial charge on any atom is 0.251 e. The minimum Gasteiger partial charge on any atom is -0.380 e. The van der Waals surface area contributed by atoms with Crippen LogP contribution in [-0.4, -0.2) is 32.6 Å². The first-order chi connectivity index (χ1) is 11.5. The summed E-state index contributed by atoms with van der Waals surface area (Å²) in [4.78, 5) is 14.4. The first-order valence-electron chi connectivity index (χ1n) is 8.34. The lowest BCUT2D eigenvalue weighted by atomic mass is 10.0. The van der Waals surface area contributed by atoms with Gasteiger partial charge in [-0.1, -0.05) is 32.0 Å². The van der Waals surface area contributed by atoms with Crippen LogP contribution in [0.25, 0.3) is 0 Å². The molecule has 0 aliphatic carbocycles. The fraction of sp³-hybridized carbons (Fsp3) is 0.350. The summed E-state index contributed by atoms with van der Waals surface area (Å²) in [5.74, 6) is 0.363. The minimum atomic E-state index is -0.0409. The van der Waals surface area contributed by atoms with E-state index in [1.807, 2.05) is 73.6 Å². The van der Waals surface area contributed by atoms with Gasteiger partial charge in [0.15, 0.2) is 0 Å². The zero-order valence-corrected chi connectivity index (χ0v) is 14.9. The summed E-state index contributed by atoms with van der Waals surface area (Å²) in [6.45, 7) is 4.89. The van der Waals surface area contributed by atoms with Gasteiger partial charge in [0.1, 0.15) is 0 Å². The summed E-state index contributed by atoms with van der Waals surface area (Å²) in [5.41, 5.74) is 2.83. The van der Waals surface area contributed by atoms with Crippen molar-refractivity contribution in [3.05, 3.63) is 60.2 Å².